The average molecular weight is 266 g/mol. The molecule has 0 aromatic rings. The van der Waals surface area contributed by atoms with Crippen molar-refractivity contribution >= 4 is 5.91 Å². The molecule has 0 aromatic carbocycles. The zero-order valence-corrected chi connectivity index (χ0v) is 12.8. The maximum Gasteiger partial charge on any atom is 0.241 e. The lowest BCUT2D eigenvalue weighted by atomic mass is 9.83. The lowest BCUT2D eigenvalue weighted by molar-refractivity contribution is -0.131. The molecule has 1 amide bonds. The smallest absolute Gasteiger partial charge is 0.241 e. The Morgan fingerprint density at radius 2 is 2.05 bits per heavy atom. The van der Waals surface area contributed by atoms with Crippen LogP contribution in [0, 0.1) is 11.8 Å². The van der Waals surface area contributed by atoms with E-state index in [9.17, 15) is 4.79 Å². The molecule has 0 radical (unpaired) electrons. The Hall–Kier alpha value is -0.570. The number of nitrogens with zero attached hydrogens (tertiary/aromatic N) is 1. The molecular weight excluding hydrogens is 236 g/mol. The average Bonchev–Trinajstić information content (AvgIpc) is 2.65. The van der Waals surface area contributed by atoms with Crippen LogP contribution in [0.25, 0.3) is 0 Å². The minimum Gasteiger partial charge on any atom is -0.326 e. The van der Waals surface area contributed by atoms with Gasteiger partial charge in [-0.1, -0.05) is 52.9 Å². The second-order valence-electron chi connectivity index (χ2n) is 6.45. The first-order chi connectivity index (χ1) is 9.17. The molecule has 1 heterocycles. The number of carbonyl (C=O) groups excluding carboxylic acids is 1. The van der Waals surface area contributed by atoms with Gasteiger partial charge in [-0.3, -0.25) is 10.1 Å². The molecule has 19 heavy (non-hydrogen) atoms. The van der Waals surface area contributed by atoms with Crippen LogP contribution in [0.1, 0.15) is 65.7 Å². The summed E-state index contributed by atoms with van der Waals surface area (Å²) in [6, 6.07) is 0.0583. The molecule has 2 fully saturated rings. The fourth-order valence-electron chi connectivity index (χ4n) is 3.23. The molecule has 3 atom stereocenters. The lowest BCUT2D eigenvalue weighted by Gasteiger charge is -2.30. The fraction of sp³-hybridized carbons (Fsp3) is 0.938. The summed E-state index contributed by atoms with van der Waals surface area (Å²) in [6.45, 7) is 7.53. The van der Waals surface area contributed by atoms with Crippen molar-refractivity contribution in [3.05, 3.63) is 0 Å². The normalized spacial score (nSPS) is 29.6. The Balaban J connectivity index is 1.93. The summed E-state index contributed by atoms with van der Waals surface area (Å²) in [5.41, 5.74) is 0. The topological polar surface area (TPSA) is 32.3 Å². The first kappa shape index (κ1) is 14.8. The van der Waals surface area contributed by atoms with Gasteiger partial charge in [-0.15, -0.1) is 0 Å². The third-order valence-electron chi connectivity index (χ3n) is 5.08. The Morgan fingerprint density at radius 1 is 1.32 bits per heavy atom. The van der Waals surface area contributed by atoms with Gasteiger partial charge in [-0.05, 0) is 24.7 Å². The van der Waals surface area contributed by atoms with E-state index < -0.39 is 0 Å². The van der Waals surface area contributed by atoms with Crippen LogP contribution in [0.2, 0.25) is 0 Å². The van der Waals surface area contributed by atoms with Gasteiger partial charge >= 0.3 is 0 Å². The van der Waals surface area contributed by atoms with Gasteiger partial charge in [0, 0.05) is 6.54 Å². The van der Waals surface area contributed by atoms with E-state index in [1.807, 2.05) is 0 Å². The van der Waals surface area contributed by atoms with Gasteiger partial charge in [0.25, 0.3) is 0 Å². The highest BCUT2D eigenvalue weighted by Crippen LogP contribution is 2.31. The summed E-state index contributed by atoms with van der Waals surface area (Å²) >= 11 is 0. The van der Waals surface area contributed by atoms with Gasteiger partial charge in [-0.25, -0.2) is 0 Å². The monoisotopic (exact) mass is 266 g/mol. The van der Waals surface area contributed by atoms with Crippen molar-refractivity contribution in [1.29, 1.82) is 0 Å². The molecule has 110 valence electrons. The SMILES string of the molecule is CCCC1NC(C(C)CC)C(=O)N1CCC1CCC1. The van der Waals surface area contributed by atoms with Crippen LogP contribution in [-0.4, -0.2) is 29.6 Å². The first-order valence-corrected chi connectivity index (χ1v) is 8.23. The molecule has 1 aliphatic heterocycles. The molecule has 1 saturated heterocycles. The number of rotatable bonds is 7. The van der Waals surface area contributed by atoms with Gasteiger partial charge < -0.3 is 4.90 Å². The van der Waals surface area contributed by atoms with E-state index in [0.29, 0.717) is 11.8 Å². The predicted molar refractivity (Wildman–Crippen MR) is 78.7 cm³/mol. The van der Waals surface area contributed by atoms with E-state index in [-0.39, 0.29) is 12.2 Å². The van der Waals surface area contributed by atoms with Crippen LogP contribution in [0.4, 0.5) is 0 Å². The highest BCUT2D eigenvalue weighted by Gasteiger charge is 2.40. The first-order valence-electron chi connectivity index (χ1n) is 8.23. The Kier molecular flexibility index (Phi) is 5.26. The standard InChI is InChI=1S/C16H30N2O/c1-4-7-14-17-15(12(3)5-2)16(19)18(14)11-10-13-8-6-9-13/h12-15,17H,4-11H2,1-3H3. The van der Waals surface area contributed by atoms with Crippen LogP contribution in [0.3, 0.4) is 0 Å². The largest absolute Gasteiger partial charge is 0.326 e. The highest BCUT2D eigenvalue weighted by atomic mass is 16.2. The zero-order valence-electron chi connectivity index (χ0n) is 12.8. The van der Waals surface area contributed by atoms with Crippen molar-refractivity contribution in [1.82, 2.24) is 10.2 Å². The fourth-order valence-corrected chi connectivity index (χ4v) is 3.23. The lowest BCUT2D eigenvalue weighted by Crippen LogP contribution is -2.38. The molecule has 2 aliphatic rings. The summed E-state index contributed by atoms with van der Waals surface area (Å²) in [5.74, 6) is 1.69. The predicted octanol–water partition coefficient (Wildman–Crippen LogP) is 3.15. The maximum absolute atomic E-state index is 12.6. The van der Waals surface area contributed by atoms with Crippen LogP contribution in [0.5, 0.6) is 0 Å². The van der Waals surface area contributed by atoms with Crippen molar-refractivity contribution in [2.24, 2.45) is 11.8 Å². The van der Waals surface area contributed by atoms with E-state index in [2.05, 4.69) is 31.0 Å². The van der Waals surface area contributed by atoms with Gasteiger partial charge in [0.05, 0.1) is 12.2 Å². The maximum atomic E-state index is 12.6. The summed E-state index contributed by atoms with van der Waals surface area (Å²) in [4.78, 5) is 14.7. The second kappa shape index (κ2) is 6.74. The van der Waals surface area contributed by atoms with Gasteiger partial charge in [0.1, 0.15) is 0 Å². The van der Waals surface area contributed by atoms with Gasteiger partial charge in [-0.2, -0.15) is 0 Å². The summed E-state index contributed by atoms with van der Waals surface area (Å²) in [7, 11) is 0. The Morgan fingerprint density at radius 3 is 2.58 bits per heavy atom. The molecule has 3 heteroatoms. The number of carbonyl (C=O) groups is 1. The van der Waals surface area contributed by atoms with Crippen molar-refractivity contribution in [2.45, 2.75) is 77.9 Å². The summed E-state index contributed by atoms with van der Waals surface area (Å²) in [6.07, 6.45) is 8.94. The number of hydrogen-bond donors (Lipinski definition) is 1. The van der Waals surface area contributed by atoms with E-state index >= 15 is 0 Å². The van der Waals surface area contributed by atoms with Crippen molar-refractivity contribution in [3.63, 3.8) is 0 Å². The highest BCUT2D eigenvalue weighted by molar-refractivity contribution is 5.84. The molecule has 1 N–H and O–H groups in total. The molecule has 1 aliphatic carbocycles. The number of nitrogens with one attached hydrogen (secondary N) is 1. The molecular formula is C16H30N2O. The van der Waals surface area contributed by atoms with Crippen LogP contribution >= 0.6 is 0 Å². The van der Waals surface area contributed by atoms with Crippen LogP contribution < -0.4 is 5.32 Å². The molecule has 0 bridgehead atoms. The summed E-state index contributed by atoms with van der Waals surface area (Å²) in [5, 5.41) is 3.58. The summed E-state index contributed by atoms with van der Waals surface area (Å²) < 4.78 is 0. The minimum atomic E-state index is 0.0583. The molecule has 0 aromatic heterocycles. The minimum absolute atomic E-state index is 0.0583. The van der Waals surface area contributed by atoms with E-state index in [1.54, 1.807) is 0 Å². The van der Waals surface area contributed by atoms with Crippen LogP contribution in [-0.2, 0) is 4.79 Å². The molecule has 0 spiro atoms. The molecule has 2 rings (SSSR count). The third-order valence-corrected chi connectivity index (χ3v) is 5.08. The van der Waals surface area contributed by atoms with Crippen molar-refractivity contribution in [2.75, 3.05) is 6.54 Å². The number of hydrogen-bond acceptors (Lipinski definition) is 2. The molecule has 1 saturated carbocycles. The quantitative estimate of drug-likeness (QED) is 0.767. The van der Waals surface area contributed by atoms with E-state index in [0.717, 1.165) is 31.7 Å². The Bertz CT molecular complexity index is 301. The number of amides is 1. The van der Waals surface area contributed by atoms with Crippen molar-refractivity contribution in [3.8, 4) is 0 Å². The van der Waals surface area contributed by atoms with E-state index in [1.165, 1.54) is 25.7 Å². The second-order valence-corrected chi connectivity index (χ2v) is 6.45. The molecule has 3 nitrogen and oxygen atoms in total. The van der Waals surface area contributed by atoms with E-state index in [4.69, 9.17) is 0 Å². The Labute approximate surface area is 118 Å². The molecule has 3 unspecified atom stereocenters. The van der Waals surface area contributed by atoms with Crippen molar-refractivity contribution < 1.29 is 4.79 Å². The van der Waals surface area contributed by atoms with Gasteiger partial charge in [0.2, 0.25) is 5.91 Å². The van der Waals surface area contributed by atoms with Gasteiger partial charge in [0.15, 0.2) is 0 Å². The zero-order chi connectivity index (χ0) is 13.8. The van der Waals surface area contributed by atoms with Crippen LogP contribution in [0.15, 0.2) is 0 Å². The third kappa shape index (κ3) is 3.31.